The van der Waals surface area contributed by atoms with Crippen molar-refractivity contribution in [2.24, 2.45) is 0 Å². The Hall–Kier alpha value is -0.893. The van der Waals surface area contributed by atoms with Crippen LogP contribution in [-0.2, 0) is 0 Å². The Labute approximate surface area is 69.2 Å². The van der Waals surface area contributed by atoms with Crippen LogP contribution in [0.15, 0.2) is 36.9 Å². The lowest BCUT2D eigenvalue weighted by Crippen LogP contribution is -2.10. The molecule has 2 heteroatoms. The third-order valence-corrected chi connectivity index (χ3v) is 1.92. The molecular formula is C9H8FSi. The largest absolute Gasteiger partial charge is 0.238 e. The van der Waals surface area contributed by atoms with Gasteiger partial charge >= 0.3 is 0 Å². The van der Waals surface area contributed by atoms with Crippen LogP contribution < -0.4 is 5.19 Å². The van der Waals surface area contributed by atoms with Crippen molar-refractivity contribution in [2.75, 3.05) is 0 Å². The Morgan fingerprint density at radius 1 is 1.45 bits per heavy atom. The van der Waals surface area contributed by atoms with Gasteiger partial charge in [0.1, 0.15) is 6.17 Å². The van der Waals surface area contributed by atoms with Crippen LogP contribution in [-0.4, -0.2) is 10.2 Å². The molecule has 1 unspecified atom stereocenters. The molecule has 1 rings (SSSR count). The van der Waals surface area contributed by atoms with Crippen LogP contribution in [0.25, 0.3) is 0 Å². The quantitative estimate of drug-likeness (QED) is 0.459. The zero-order valence-corrected chi connectivity index (χ0v) is 7.05. The van der Waals surface area contributed by atoms with E-state index in [2.05, 4.69) is 16.8 Å². The Morgan fingerprint density at radius 2 is 2.09 bits per heavy atom. The van der Waals surface area contributed by atoms with Crippen molar-refractivity contribution in [3.05, 3.63) is 42.5 Å². The van der Waals surface area contributed by atoms with Gasteiger partial charge in [-0.1, -0.05) is 42.1 Å². The van der Waals surface area contributed by atoms with Gasteiger partial charge in [-0.2, -0.15) is 0 Å². The highest BCUT2D eigenvalue weighted by Gasteiger charge is 2.05. The molecule has 0 aromatic heterocycles. The molecule has 0 nitrogen and oxygen atoms in total. The van der Waals surface area contributed by atoms with Crippen LogP contribution in [0.4, 0.5) is 4.39 Å². The molecule has 0 aliphatic carbocycles. The predicted molar refractivity (Wildman–Crippen MR) is 45.9 cm³/mol. The van der Waals surface area contributed by atoms with E-state index in [0.717, 1.165) is 5.19 Å². The third kappa shape index (κ3) is 1.77. The van der Waals surface area contributed by atoms with Gasteiger partial charge in [0.15, 0.2) is 0 Å². The maximum Gasteiger partial charge on any atom is 0.143 e. The molecule has 0 saturated carbocycles. The second kappa shape index (κ2) is 3.48. The summed E-state index contributed by atoms with van der Waals surface area (Å²) in [5, 5.41) is 0.778. The fourth-order valence-corrected chi connectivity index (χ4v) is 1.18. The first-order valence-corrected chi connectivity index (χ1v) is 3.83. The molecule has 0 aliphatic heterocycles. The van der Waals surface area contributed by atoms with Gasteiger partial charge in [-0.25, -0.2) is 4.39 Å². The average Bonchev–Trinajstić information content (AvgIpc) is 2.04. The first-order chi connectivity index (χ1) is 5.25. The van der Waals surface area contributed by atoms with Gasteiger partial charge in [0.25, 0.3) is 0 Å². The zero-order chi connectivity index (χ0) is 8.27. The second-order valence-corrected chi connectivity index (χ2v) is 2.76. The molecule has 0 bridgehead atoms. The molecule has 1 atom stereocenters. The van der Waals surface area contributed by atoms with E-state index in [9.17, 15) is 4.39 Å². The van der Waals surface area contributed by atoms with Crippen molar-refractivity contribution in [3.8, 4) is 0 Å². The fourth-order valence-electron chi connectivity index (χ4n) is 0.864. The zero-order valence-electron chi connectivity index (χ0n) is 6.05. The average molecular weight is 163 g/mol. The topological polar surface area (TPSA) is 0 Å². The van der Waals surface area contributed by atoms with E-state index in [0.29, 0.717) is 5.56 Å². The van der Waals surface area contributed by atoms with Crippen molar-refractivity contribution in [1.29, 1.82) is 0 Å². The van der Waals surface area contributed by atoms with E-state index in [1.807, 2.05) is 12.1 Å². The number of hydrogen-bond acceptors (Lipinski definition) is 0. The van der Waals surface area contributed by atoms with E-state index in [-0.39, 0.29) is 0 Å². The molecule has 0 fully saturated rings. The summed E-state index contributed by atoms with van der Waals surface area (Å²) >= 11 is 0. The van der Waals surface area contributed by atoms with Gasteiger partial charge < -0.3 is 0 Å². The minimum absolute atomic E-state index is 0.624. The van der Waals surface area contributed by atoms with E-state index in [1.54, 1.807) is 12.1 Å². The number of rotatable bonds is 2. The summed E-state index contributed by atoms with van der Waals surface area (Å²) in [6.45, 7) is 3.38. The molecule has 55 valence electrons. The van der Waals surface area contributed by atoms with E-state index in [4.69, 9.17) is 0 Å². The van der Waals surface area contributed by atoms with Gasteiger partial charge in [0.2, 0.25) is 0 Å². The lowest BCUT2D eigenvalue weighted by molar-refractivity contribution is 0.417. The van der Waals surface area contributed by atoms with Crippen molar-refractivity contribution < 1.29 is 4.39 Å². The van der Waals surface area contributed by atoms with Crippen molar-refractivity contribution >= 4 is 15.4 Å². The number of hydrogen-bond donors (Lipinski definition) is 0. The molecule has 3 radical (unpaired) electrons. The summed E-state index contributed by atoms with van der Waals surface area (Å²) in [6, 6.07) is 7.19. The lowest BCUT2D eigenvalue weighted by atomic mass is 10.1. The number of benzene rings is 1. The minimum Gasteiger partial charge on any atom is -0.238 e. The highest BCUT2D eigenvalue weighted by molar-refractivity contribution is 6.33. The van der Waals surface area contributed by atoms with Crippen molar-refractivity contribution in [3.63, 3.8) is 0 Å². The van der Waals surface area contributed by atoms with Crippen LogP contribution in [0.1, 0.15) is 11.7 Å². The Kier molecular flexibility index (Phi) is 2.60. The van der Waals surface area contributed by atoms with Crippen LogP contribution in [0.5, 0.6) is 0 Å². The molecule has 1 aromatic rings. The molecule has 0 spiro atoms. The predicted octanol–water partition coefficient (Wildman–Crippen LogP) is 1.68. The Bertz CT molecular complexity index is 257. The fraction of sp³-hybridized carbons (Fsp3) is 0.111. The number of alkyl halides is 1. The smallest absolute Gasteiger partial charge is 0.143 e. The molecule has 0 amide bonds. The molecular weight excluding hydrogens is 155 g/mol. The van der Waals surface area contributed by atoms with Gasteiger partial charge in [0, 0.05) is 0 Å². The van der Waals surface area contributed by atoms with Gasteiger partial charge in [0.05, 0.1) is 10.2 Å². The molecule has 0 saturated heterocycles. The van der Waals surface area contributed by atoms with Crippen molar-refractivity contribution in [2.45, 2.75) is 6.17 Å². The lowest BCUT2D eigenvalue weighted by Gasteiger charge is -2.05. The first kappa shape index (κ1) is 8.21. The van der Waals surface area contributed by atoms with Crippen LogP contribution >= 0.6 is 0 Å². The molecule has 11 heavy (non-hydrogen) atoms. The summed E-state index contributed by atoms with van der Waals surface area (Å²) in [6.07, 6.45) is 0.197. The minimum atomic E-state index is -1.08. The monoisotopic (exact) mass is 163 g/mol. The Balaban J connectivity index is 3.02. The summed E-state index contributed by atoms with van der Waals surface area (Å²) in [7, 11) is 3.30. The highest BCUT2D eigenvalue weighted by atomic mass is 28.1. The number of halogens is 1. The van der Waals surface area contributed by atoms with Gasteiger partial charge in [-0.3, -0.25) is 0 Å². The molecule has 0 N–H and O–H groups in total. The normalized spacial score (nSPS) is 12.5. The maximum absolute atomic E-state index is 13.0. The van der Waals surface area contributed by atoms with Gasteiger partial charge in [-0.05, 0) is 5.56 Å². The molecule has 0 aliphatic rings. The summed E-state index contributed by atoms with van der Waals surface area (Å²) in [5.74, 6) is 0. The third-order valence-electron chi connectivity index (χ3n) is 1.46. The first-order valence-electron chi connectivity index (χ1n) is 3.33. The SMILES string of the molecule is C=CC(F)c1ccccc1[Si]. The molecule has 1 aromatic carbocycles. The Morgan fingerprint density at radius 3 is 2.64 bits per heavy atom. The maximum atomic E-state index is 13.0. The van der Waals surface area contributed by atoms with E-state index in [1.165, 1.54) is 6.08 Å². The number of allylic oxidation sites excluding steroid dienone is 1. The molecule has 0 heterocycles. The summed E-state index contributed by atoms with van der Waals surface area (Å²) in [4.78, 5) is 0. The summed E-state index contributed by atoms with van der Waals surface area (Å²) < 4.78 is 13.0. The van der Waals surface area contributed by atoms with Gasteiger partial charge in [-0.15, -0.1) is 0 Å². The van der Waals surface area contributed by atoms with E-state index >= 15 is 0 Å². The van der Waals surface area contributed by atoms with Crippen LogP contribution in [0, 0.1) is 0 Å². The van der Waals surface area contributed by atoms with Crippen LogP contribution in [0.2, 0.25) is 0 Å². The summed E-state index contributed by atoms with van der Waals surface area (Å²) in [5.41, 5.74) is 0.624. The highest BCUT2D eigenvalue weighted by Crippen LogP contribution is 2.14. The van der Waals surface area contributed by atoms with E-state index < -0.39 is 6.17 Å². The van der Waals surface area contributed by atoms with Crippen molar-refractivity contribution in [1.82, 2.24) is 0 Å². The van der Waals surface area contributed by atoms with Crippen LogP contribution in [0.3, 0.4) is 0 Å². The second-order valence-electron chi connectivity index (χ2n) is 2.22. The standard InChI is InChI=1S/C9H8FSi/c1-2-8(10)7-5-3-4-6-9(7)11/h2-6,8H,1H2.